The topological polar surface area (TPSA) is 102 Å². The van der Waals surface area contributed by atoms with E-state index in [0.29, 0.717) is 12.8 Å². The fourth-order valence-corrected chi connectivity index (χ4v) is 3.55. The number of benzene rings is 1. The summed E-state index contributed by atoms with van der Waals surface area (Å²) in [5, 5.41) is 0. The van der Waals surface area contributed by atoms with Crippen LogP contribution >= 0.6 is 0 Å². The summed E-state index contributed by atoms with van der Waals surface area (Å²) in [7, 11) is 1.45. The standard InChI is InChI=1S/C25H41N3O4/c1-8-12-19(22(29)27-32-16-18-13-10-9-11-14-18)20(15-17(2)3)23(30)28(7)24(31)21(26)25(4,5)6/h9-11,13-14,17,19-21H,8,12,15-16,26H2,1-7H3,(H,27,29)/t19?,20-,21-/m1/s1. The average Bonchev–Trinajstić information content (AvgIpc) is 2.73. The Hall–Kier alpha value is -2.25. The molecule has 1 rings (SSSR count). The summed E-state index contributed by atoms with van der Waals surface area (Å²) in [6.07, 6.45) is 1.72. The summed E-state index contributed by atoms with van der Waals surface area (Å²) in [6.45, 7) is 11.8. The Bertz CT molecular complexity index is 743. The molecule has 180 valence electrons. The molecule has 3 atom stereocenters. The van der Waals surface area contributed by atoms with Crippen LogP contribution in [-0.4, -0.2) is 35.7 Å². The Labute approximate surface area is 193 Å². The minimum Gasteiger partial charge on any atom is -0.319 e. The Kier molecular flexibility index (Phi) is 11.0. The summed E-state index contributed by atoms with van der Waals surface area (Å²) >= 11 is 0. The number of hydrogen-bond acceptors (Lipinski definition) is 5. The van der Waals surface area contributed by atoms with Gasteiger partial charge < -0.3 is 5.73 Å². The van der Waals surface area contributed by atoms with E-state index in [0.717, 1.165) is 16.9 Å². The Morgan fingerprint density at radius 2 is 1.66 bits per heavy atom. The molecular weight excluding hydrogens is 406 g/mol. The Morgan fingerprint density at radius 3 is 2.16 bits per heavy atom. The number of nitrogens with zero attached hydrogens (tertiary/aromatic N) is 1. The molecule has 0 radical (unpaired) electrons. The quantitative estimate of drug-likeness (QED) is 0.504. The van der Waals surface area contributed by atoms with E-state index in [9.17, 15) is 14.4 Å². The molecule has 0 aromatic heterocycles. The molecule has 3 amide bonds. The number of rotatable bonds is 11. The number of nitrogens with two attached hydrogens (primary N) is 1. The Morgan fingerprint density at radius 1 is 1.06 bits per heavy atom. The first-order chi connectivity index (χ1) is 14.9. The second kappa shape index (κ2) is 12.7. The predicted octanol–water partition coefficient (Wildman–Crippen LogP) is 3.67. The van der Waals surface area contributed by atoms with Gasteiger partial charge in [0, 0.05) is 7.05 Å². The van der Waals surface area contributed by atoms with Crippen LogP contribution < -0.4 is 11.2 Å². The molecule has 0 heterocycles. The molecule has 32 heavy (non-hydrogen) atoms. The summed E-state index contributed by atoms with van der Waals surface area (Å²) in [6, 6.07) is 8.69. The van der Waals surface area contributed by atoms with Crippen molar-refractivity contribution in [1.82, 2.24) is 10.4 Å². The van der Waals surface area contributed by atoms with Gasteiger partial charge in [0.15, 0.2) is 0 Å². The average molecular weight is 448 g/mol. The highest BCUT2D eigenvalue weighted by molar-refractivity contribution is 6.00. The molecule has 0 aliphatic rings. The van der Waals surface area contributed by atoms with E-state index in [1.165, 1.54) is 7.05 Å². The highest BCUT2D eigenvalue weighted by Crippen LogP contribution is 2.28. The number of hydroxylamine groups is 1. The van der Waals surface area contributed by atoms with Crippen LogP contribution in [-0.2, 0) is 25.8 Å². The fourth-order valence-electron chi connectivity index (χ4n) is 3.55. The highest BCUT2D eigenvalue weighted by Gasteiger charge is 2.39. The molecule has 7 heteroatoms. The predicted molar refractivity (Wildman–Crippen MR) is 126 cm³/mol. The molecule has 1 aromatic rings. The molecule has 0 fully saturated rings. The monoisotopic (exact) mass is 447 g/mol. The second-order valence-corrected chi connectivity index (χ2v) is 9.95. The molecule has 0 aliphatic heterocycles. The van der Waals surface area contributed by atoms with Gasteiger partial charge >= 0.3 is 0 Å². The molecule has 3 N–H and O–H groups in total. The van der Waals surface area contributed by atoms with Crippen molar-refractivity contribution >= 4 is 17.7 Å². The molecule has 0 saturated heterocycles. The number of carbonyl (C=O) groups is 3. The summed E-state index contributed by atoms with van der Waals surface area (Å²) in [4.78, 5) is 45.8. The van der Waals surface area contributed by atoms with Crippen molar-refractivity contribution < 1.29 is 19.2 Å². The van der Waals surface area contributed by atoms with E-state index in [1.807, 2.05) is 71.9 Å². The third kappa shape index (κ3) is 8.36. The van der Waals surface area contributed by atoms with E-state index >= 15 is 0 Å². The van der Waals surface area contributed by atoms with Crippen molar-refractivity contribution in [1.29, 1.82) is 0 Å². The molecule has 0 saturated carbocycles. The van der Waals surface area contributed by atoms with Crippen molar-refractivity contribution in [2.45, 2.75) is 73.5 Å². The van der Waals surface area contributed by atoms with Crippen LogP contribution in [0.1, 0.15) is 66.4 Å². The zero-order valence-corrected chi connectivity index (χ0v) is 20.7. The molecule has 1 unspecified atom stereocenters. The SMILES string of the molecule is CCCC(C(=O)NOCc1ccccc1)[C@@H](CC(C)C)C(=O)N(C)C(=O)[C@@H](N)C(C)(C)C. The van der Waals surface area contributed by atoms with Gasteiger partial charge in [-0.25, -0.2) is 5.48 Å². The van der Waals surface area contributed by atoms with Crippen LogP contribution in [0.4, 0.5) is 0 Å². The van der Waals surface area contributed by atoms with Crippen LogP contribution in [0.2, 0.25) is 0 Å². The van der Waals surface area contributed by atoms with Gasteiger partial charge in [0.05, 0.1) is 24.5 Å². The number of carbonyl (C=O) groups excluding carboxylic acids is 3. The van der Waals surface area contributed by atoms with Gasteiger partial charge in [-0.1, -0.05) is 78.3 Å². The summed E-state index contributed by atoms with van der Waals surface area (Å²) in [5.74, 6) is -2.24. The smallest absolute Gasteiger partial charge is 0.247 e. The van der Waals surface area contributed by atoms with E-state index in [4.69, 9.17) is 10.6 Å². The molecule has 0 spiro atoms. The first kappa shape index (κ1) is 27.8. The summed E-state index contributed by atoms with van der Waals surface area (Å²) < 4.78 is 0. The molecule has 0 bridgehead atoms. The van der Waals surface area contributed by atoms with Crippen molar-refractivity contribution in [2.24, 2.45) is 28.9 Å². The molecule has 7 nitrogen and oxygen atoms in total. The van der Waals surface area contributed by atoms with Gasteiger partial charge in [-0.15, -0.1) is 0 Å². The maximum absolute atomic E-state index is 13.4. The van der Waals surface area contributed by atoms with Crippen LogP contribution in [0, 0.1) is 23.2 Å². The molecule has 1 aromatic carbocycles. The van der Waals surface area contributed by atoms with Crippen LogP contribution in [0.15, 0.2) is 30.3 Å². The number of amides is 3. The number of hydrogen-bond donors (Lipinski definition) is 2. The van der Waals surface area contributed by atoms with Crippen molar-refractivity contribution in [3.63, 3.8) is 0 Å². The first-order valence-electron chi connectivity index (χ1n) is 11.4. The van der Waals surface area contributed by atoms with Crippen molar-refractivity contribution in [3.8, 4) is 0 Å². The third-order valence-corrected chi connectivity index (χ3v) is 5.58. The fraction of sp³-hybridized carbons (Fsp3) is 0.640. The maximum atomic E-state index is 13.4. The van der Waals surface area contributed by atoms with Crippen LogP contribution in [0.25, 0.3) is 0 Å². The zero-order chi connectivity index (χ0) is 24.5. The number of nitrogens with one attached hydrogen (secondary N) is 1. The second-order valence-electron chi connectivity index (χ2n) is 9.95. The lowest BCUT2D eigenvalue weighted by molar-refractivity contribution is -0.154. The zero-order valence-electron chi connectivity index (χ0n) is 20.7. The van der Waals surface area contributed by atoms with Gasteiger partial charge in [-0.2, -0.15) is 0 Å². The number of imide groups is 1. The normalized spacial score (nSPS) is 14.5. The Balaban J connectivity index is 3.00. The van der Waals surface area contributed by atoms with Crippen LogP contribution in [0.5, 0.6) is 0 Å². The summed E-state index contributed by atoms with van der Waals surface area (Å²) in [5.41, 5.74) is 9.07. The van der Waals surface area contributed by atoms with Gasteiger partial charge in [0.2, 0.25) is 17.7 Å². The third-order valence-electron chi connectivity index (χ3n) is 5.58. The van der Waals surface area contributed by atoms with Crippen molar-refractivity contribution in [3.05, 3.63) is 35.9 Å². The lowest BCUT2D eigenvalue weighted by atomic mass is 9.80. The highest BCUT2D eigenvalue weighted by atomic mass is 16.6. The number of likely N-dealkylation sites (N-methyl/N-ethyl adjacent to an activating group) is 1. The van der Waals surface area contributed by atoms with E-state index in [-0.39, 0.29) is 24.3 Å². The minimum atomic E-state index is -0.816. The first-order valence-corrected chi connectivity index (χ1v) is 11.4. The maximum Gasteiger partial charge on any atom is 0.247 e. The van der Waals surface area contributed by atoms with Gasteiger partial charge in [0.1, 0.15) is 0 Å². The molecular formula is C25H41N3O4. The largest absolute Gasteiger partial charge is 0.319 e. The van der Waals surface area contributed by atoms with Crippen LogP contribution in [0.3, 0.4) is 0 Å². The van der Waals surface area contributed by atoms with Gasteiger partial charge in [-0.05, 0) is 29.7 Å². The van der Waals surface area contributed by atoms with E-state index < -0.39 is 29.2 Å². The van der Waals surface area contributed by atoms with Gasteiger partial charge in [0.25, 0.3) is 0 Å². The molecule has 0 aliphatic carbocycles. The van der Waals surface area contributed by atoms with E-state index in [2.05, 4.69) is 5.48 Å². The van der Waals surface area contributed by atoms with E-state index in [1.54, 1.807) is 0 Å². The van der Waals surface area contributed by atoms with Gasteiger partial charge in [-0.3, -0.25) is 24.1 Å². The lowest BCUT2D eigenvalue weighted by Gasteiger charge is -2.33. The lowest BCUT2D eigenvalue weighted by Crippen LogP contribution is -2.53. The minimum absolute atomic E-state index is 0.168. The van der Waals surface area contributed by atoms with Crippen molar-refractivity contribution in [2.75, 3.05) is 7.05 Å².